The van der Waals surface area contributed by atoms with E-state index in [1.54, 1.807) is 0 Å². The summed E-state index contributed by atoms with van der Waals surface area (Å²) in [6.07, 6.45) is 0. The fraction of sp³-hybridized carbons (Fsp3) is 0. The first-order valence-corrected chi connectivity index (χ1v) is 4.72. The number of rotatable bonds is 1. The van der Waals surface area contributed by atoms with Crippen LogP contribution in [0.3, 0.4) is 0 Å². The minimum atomic E-state index is -4.21. The Balaban J connectivity index is 3.33. The van der Waals surface area contributed by atoms with Gasteiger partial charge in [-0.15, -0.1) is 0 Å². The lowest BCUT2D eigenvalue weighted by Gasteiger charge is -1.98. The van der Waals surface area contributed by atoms with Crippen LogP contribution in [0.5, 0.6) is 0 Å². The summed E-state index contributed by atoms with van der Waals surface area (Å²) < 4.78 is 29.6. The average Bonchev–Trinajstić information content (AvgIpc) is 1.92. The molecular formula is C6H5ClNO3S. The van der Waals surface area contributed by atoms with E-state index in [-0.39, 0.29) is 15.6 Å². The van der Waals surface area contributed by atoms with Crippen molar-refractivity contribution in [1.82, 2.24) is 5.73 Å². The molecule has 1 aromatic carbocycles. The molecule has 12 heavy (non-hydrogen) atoms. The van der Waals surface area contributed by atoms with Crippen LogP contribution in [0.15, 0.2) is 23.1 Å². The monoisotopic (exact) mass is 206 g/mol. The molecule has 0 atom stereocenters. The molecule has 0 saturated carbocycles. The fourth-order valence-electron chi connectivity index (χ4n) is 0.656. The molecule has 0 bridgehead atoms. The minimum absolute atomic E-state index is 0.00914. The number of halogens is 1. The van der Waals surface area contributed by atoms with Crippen molar-refractivity contribution in [2.75, 3.05) is 0 Å². The zero-order valence-electron chi connectivity index (χ0n) is 5.78. The second-order valence-corrected chi connectivity index (χ2v) is 3.95. The van der Waals surface area contributed by atoms with E-state index < -0.39 is 10.1 Å². The third-order valence-corrected chi connectivity index (χ3v) is 2.40. The lowest BCUT2D eigenvalue weighted by atomic mass is 10.3. The van der Waals surface area contributed by atoms with Crippen molar-refractivity contribution in [2.24, 2.45) is 0 Å². The van der Waals surface area contributed by atoms with Crippen LogP contribution in [-0.2, 0) is 10.1 Å². The van der Waals surface area contributed by atoms with Crippen LogP contribution in [-0.4, -0.2) is 13.0 Å². The van der Waals surface area contributed by atoms with E-state index in [2.05, 4.69) is 0 Å². The van der Waals surface area contributed by atoms with Gasteiger partial charge in [-0.25, -0.2) is 0 Å². The van der Waals surface area contributed by atoms with Gasteiger partial charge in [0.25, 0.3) is 10.1 Å². The maximum atomic E-state index is 10.5. The molecule has 0 spiro atoms. The van der Waals surface area contributed by atoms with Gasteiger partial charge in [-0.1, -0.05) is 11.6 Å². The molecule has 1 rings (SSSR count). The van der Waals surface area contributed by atoms with E-state index in [4.69, 9.17) is 21.9 Å². The Morgan fingerprint density at radius 2 is 2.00 bits per heavy atom. The standard InChI is InChI=1S/C6H5ClNO3S/c7-5-3-4(12(9,10)11)1-2-6(5)8/h1-3,8H,(H,9,10,11). The molecule has 0 heterocycles. The quantitative estimate of drug-likeness (QED) is 0.708. The maximum Gasteiger partial charge on any atom is 0.294 e. The van der Waals surface area contributed by atoms with Crippen molar-refractivity contribution < 1.29 is 13.0 Å². The molecule has 6 heteroatoms. The van der Waals surface area contributed by atoms with E-state index >= 15 is 0 Å². The predicted molar refractivity (Wildman–Crippen MR) is 44.0 cm³/mol. The SMILES string of the molecule is [NH]c1ccc(S(=O)(=O)O)cc1Cl. The summed E-state index contributed by atoms with van der Waals surface area (Å²) in [5, 5.41) is -0.00914. The molecular weight excluding hydrogens is 202 g/mol. The van der Waals surface area contributed by atoms with Crippen molar-refractivity contribution in [3.63, 3.8) is 0 Å². The lowest BCUT2D eigenvalue weighted by Crippen LogP contribution is -1.97. The van der Waals surface area contributed by atoms with Gasteiger partial charge in [-0.3, -0.25) is 10.3 Å². The molecule has 65 valence electrons. The summed E-state index contributed by atoms with van der Waals surface area (Å²) in [6, 6.07) is 3.34. The predicted octanol–water partition coefficient (Wildman–Crippen LogP) is 1.50. The zero-order chi connectivity index (χ0) is 9.35. The Hall–Kier alpha value is -0.780. The molecule has 0 unspecified atom stereocenters. The molecule has 2 N–H and O–H groups in total. The topological polar surface area (TPSA) is 78.2 Å². The maximum absolute atomic E-state index is 10.5. The Morgan fingerprint density at radius 3 is 2.42 bits per heavy atom. The number of hydrogen-bond acceptors (Lipinski definition) is 2. The fourth-order valence-corrected chi connectivity index (χ4v) is 1.41. The Morgan fingerprint density at radius 1 is 1.42 bits per heavy atom. The summed E-state index contributed by atoms with van der Waals surface area (Å²) in [4.78, 5) is -0.302. The third kappa shape index (κ3) is 1.88. The first-order valence-electron chi connectivity index (χ1n) is 2.90. The summed E-state index contributed by atoms with van der Waals surface area (Å²) >= 11 is 5.46. The van der Waals surface area contributed by atoms with Crippen LogP contribution in [0, 0.1) is 0 Å². The molecule has 0 fully saturated rings. The van der Waals surface area contributed by atoms with Crippen molar-refractivity contribution in [1.29, 1.82) is 0 Å². The van der Waals surface area contributed by atoms with Crippen LogP contribution in [0.2, 0.25) is 5.02 Å². The van der Waals surface area contributed by atoms with E-state index in [9.17, 15) is 8.42 Å². The Bertz CT molecular complexity index is 401. The lowest BCUT2D eigenvalue weighted by molar-refractivity contribution is 0.483. The molecule has 0 aliphatic heterocycles. The van der Waals surface area contributed by atoms with E-state index in [0.717, 1.165) is 12.1 Å². The van der Waals surface area contributed by atoms with E-state index in [1.807, 2.05) is 0 Å². The Kier molecular flexibility index (Phi) is 2.27. The highest BCUT2D eigenvalue weighted by atomic mass is 35.5. The second-order valence-electron chi connectivity index (χ2n) is 2.12. The van der Waals surface area contributed by atoms with Crippen molar-refractivity contribution in [3.8, 4) is 0 Å². The number of nitrogens with one attached hydrogen (secondary N) is 1. The van der Waals surface area contributed by atoms with Gasteiger partial charge >= 0.3 is 0 Å². The summed E-state index contributed by atoms with van der Waals surface area (Å²) in [5.41, 5.74) is 7.13. The van der Waals surface area contributed by atoms with Crippen molar-refractivity contribution in [3.05, 3.63) is 23.2 Å². The molecule has 0 amide bonds. The normalized spacial score (nSPS) is 11.5. The molecule has 1 radical (unpaired) electrons. The highest BCUT2D eigenvalue weighted by molar-refractivity contribution is 7.85. The van der Waals surface area contributed by atoms with Gasteiger partial charge in [0.15, 0.2) is 0 Å². The van der Waals surface area contributed by atoms with Crippen LogP contribution in [0.4, 0.5) is 5.69 Å². The summed E-state index contributed by atoms with van der Waals surface area (Å²) in [5.74, 6) is 0. The van der Waals surface area contributed by atoms with Crippen LogP contribution in [0.25, 0.3) is 0 Å². The third-order valence-electron chi connectivity index (χ3n) is 1.24. The highest BCUT2D eigenvalue weighted by Crippen LogP contribution is 2.23. The Labute approximate surface area is 74.7 Å². The van der Waals surface area contributed by atoms with Gasteiger partial charge < -0.3 is 0 Å². The summed E-state index contributed by atoms with van der Waals surface area (Å²) in [6.45, 7) is 0. The van der Waals surface area contributed by atoms with Gasteiger partial charge in [0.05, 0.1) is 15.6 Å². The van der Waals surface area contributed by atoms with E-state index in [0.29, 0.717) is 0 Å². The van der Waals surface area contributed by atoms with Gasteiger partial charge in [0.2, 0.25) is 0 Å². The van der Waals surface area contributed by atoms with Crippen LogP contribution >= 0.6 is 11.6 Å². The number of benzene rings is 1. The molecule has 0 saturated heterocycles. The number of hydrogen-bond donors (Lipinski definition) is 1. The first-order chi connectivity index (χ1) is 5.41. The largest absolute Gasteiger partial charge is 0.299 e. The minimum Gasteiger partial charge on any atom is -0.299 e. The smallest absolute Gasteiger partial charge is 0.294 e. The van der Waals surface area contributed by atoms with Gasteiger partial charge in [-0.05, 0) is 18.2 Å². The van der Waals surface area contributed by atoms with Gasteiger partial charge in [-0.2, -0.15) is 8.42 Å². The van der Waals surface area contributed by atoms with Crippen molar-refractivity contribution in [2.45, 2.75) is 4.90 Å². The second kappa shape index (κ2) is 2.93. The highest BCUT2D eigenvalue weighted by Gasteiger charge is 2.10. The molecule has 4 nitrogen and oxygen atoms in total. The zero-order valence-corrected chi connectivity index (χ0v) is 7.35. The summed E-state index contributed by atoms with van der Waals surface area (Å²) in [7, 11) is -4.21. The van der Waals surface area contributed by atoms with Crippen LogP contribution < -0.4 is 5.73 Å². The van der Waals surface area contributed by atoms with E-state index in [1.165, 1.54) is 6.07 Å². The van der Waals surface area contributed by atoms with Crippen LogP contribution in [0.1, 0.15) is 0 Å². The van der Waals surface area contributed by atoms with Gasteiger partial charge in [0, 0.05) is 0 Å². The van der Waals surface area contributed by atoms with Gasteiger partial charge in [0.1, 0.15) is 0 Å². The molecule has 0 aliphatic carbocycles. The molecule has 1 aromatic rings. The van der Waals surface area contributed by atoms with Crippen molar-refractivity contribution >= 4 is 27.4 Å². The molecule has 0 aliphatic rings. The first kappa shape index (κ1) is 9.31. The average molecular weight is 207 g/mol. The molecule has 0 aromatic heterocycles.